The second-order valence-corrected chi connectivity index (χ2v) is 4.99. The number of nitrogens with zero attached hydrogens (tertiary/aromatic N) is 3. The maximum absolute atomic E-state index is 12.0. The summed E-state index contributed by atoms with van der Waals surface area (Å²) in [6.45, 7) is 2.61. The third-order valence-electron chi connectivity index (χ3n) is 3.37. The smallest absolute Gasteiger partial charge is 0.330 e. The molecule has 0 aliphatic heterocycles. The molecule has 21 heavy (non-hydrogen) atoms. The summed E-state index contributed by atoms with van der Waals surface area (Å²) in [5.41, 5.74) is 10.4. The first kappa shape index (κ1) is 15.0. The number of anilines is 2. The van der Waals surface area contributed by atoms with E-state index in [1.54, 1.807) is 0 Å². The average Bonchev–Trinajstić information content (AvgIpc) is 2.40. The Morgan fingerprint density at radius 1 is 1.10 bits per heavy atom. The highest BCUT2D eigenvalue weighted by molar-refractivity contribution is 5.85. The molecule has 5 N–H and O–H groups in total. The van der Waals surface area contributed by atoms with Gasteiger partial charge in [0.2, 0.25) is 5.95 Å². The molecule has 2 aromatic heterocycles. The SMILES string of the molecule is CCCCCCCn1c(=O)[nH]c(=O)c2c(N)nc(N)nc21. The lowest BCUT2D eigenvalue weighted by Crippen LogP contribution is -2.32. The van der Waals surface area contributed by atoms with E-state index >= 15 is 0 Å². The quantitative estimate of drug-likeness (QED) is 0.668. The van der Waals surface area contributed by atoms with Gasteiger partial charge in [0.1, 0.15) is 11.2 Å². The van der Waals surface area contributed by atoms with E-state index in [0.717, 1.165) is 25.7 Å². The third kappa shape index (κ3) is 3.21. The van der Waals surface area contributed by atoms with Gasteiger partial charge in [-0.1, -0.05) is 32.6 Å². The molecule has 114 valence electrons. The minimum absolute atomic E-state index is 0.0153. The zero-order valence-corrected chi connectivity index (χ0v) is 12.1. The van der Waals surface area contributed by atoms with E-state index in [1.165, 1.54) is 11.0 Å². The molecule has 2 aromatic rings. The number of fused-ring (bicyclic) bond motifs is 1. The molecular weight excluding hydrogens is 272 g/mol. The molecule has 0 spiro atoms. The summed E-state index contributed by atoms with van der Waals surface area (Å²) in [5.74, 6) is -0.0665. The van der Waals surface area contributed by atoms with Crippen LogP contribution >= 0.6 is 0 Å². The van der Waals surface area contributed by atoms with Crippen molar-refractivity contribution in [2.75, 3.05) is 11.5 Å². The molecule has 2 rings (SSSR count). The monoisotopic (exact) mass is 292 g/mol. The lowest BCUT2D eigenvalue weighted by Gasteiger charge is -2.09. The van der Waals surface area contributed by atoms with Crippen molar-refractivity contribution in [1.29, 1.82) is 0 Å². The van der Waals surface area contributed by atoms with E-state index in [0.29, 0.717) is 6.54 Å². The van der Waals surface area contributed by atoms with Crippen molar-refractivity contribution >= 4 is 22.8 Å². The van der Waals surface area contributed by atoms with E-state index < -0.39 is 11.2 Å². The van der Waals surface area contributed by atoms with Crippen molar-refractivity contribution in [3.63, 3.8) is 0 Å². The zero-order chi connectivity index (χ0) is 15.4. The Balaban J connectivity index is 2.39. The second kappa shape index (κ2) is 6.38. The summed E-state index contributed by atoms with van der Waals surface area (Å²) in [6, 6.07) is 0. The molecule has 0 fully saturated rings. The van der Waals surface area contributed by atoms with Gasteiger partial charge < -0.3 is 11.5 Å². The van der Waals surface area contributed by atoms with Crippen molar-refractivity contribution in [3.8, 4) is 0 Å². The predicted octanol–water partition coefficient (Wildman–Crippen LogP) is 0.615. The van der Waals surface area contributed by atoms with Gasteiger partial charge in [-0.3, -0.25) is 14.3 Å². The largest absolute Gasteiger partial charge is 0.383 e. The molecular formula is C13H20N6O2. The van der Waals surface area contributed by atoms with Gasteiger partial charge in [-0.15, -0.1) is 0 Å². The standard InChI is InChI=1S/C13H20N6O2/c1-2-3-4-5-6-7-19-10-8(11(20)18-13(19)21)9(14)16-12(15)17-10/h2-7H2,1H3,(H,18,20,21)(H4,14,15,16,17). The van der Waals surface area contributed by atoms with Crippen LogP contribution in [0.15, 0.2) is 9.59 Å². The summed E-state index contributed by atoms with van der Waals surface area (Å²) in [4.78, 5) is 33.8. The van der Waals surface area contributed by atoms with Crippen LogP contribution in [0.1, 0.15) is 39.0 Å². The fourth-order valence-electron chi connectivity index (χ4n) is 2.30. The summed E-state index contributed by atoms with van der Waals surface area (Å²) in [6.07, 6.45) is 5.28. The molecule has 0 aliphatic rings. The van der Waals surface area contributed by atoms with Crippen LogP contribution in [0.5, 0.6) is 0 Å². The molecule has 2 heterocycles. The van der Waals surface area contributed by atoms with Crippen molar-refractivity contribution in [1.82, 2.24) is 19.5 Å². The first-order chi connectivity index (χ1) is 10.0. The van der Waals surface area contributed by atoms with Gasteiger partial charge in [-0.05, 0) is 6.42 Å². The average molecular weight is 292 g/mol. The van der Waals surface area contributed by atoms with E-state index in [1.807, 2.05) is 0 Å². The number of nitrogens with two attached hydrogens (primary N) is 2. The Morgan fingerprint density at radius 2 is 1.81 bits per heavy atom. The summed E-state index contributed by atoms with van der Waals surface area (Å²) < 4.78 is 1.40. The molecule has 0 saturated carbocycles. The predicted molar refractivity (Wildman–Crippen MR) is 82.0 cm³/mol. The number of hydrogen-bond donors (Lipinski definition) is 3. The highest BCUT2D eigenvalue weighted by Crippen LogP contribution is 2.13. The van der Waals surface area contributed by atoms with Crippen LogP contribution in [0.4, 0.5) is 11.8 Å². The van der Waals surface area contributed by atoms with E-state index in [9.17, 15) is 9.59 Å². The number of aromatic amines is 1. The maximum Gasteiger partial charge on any atom is 0.330 e. The van der Waals surface area contributed by atoms with E-state index in [-0.39, 0.29) is 22.8 Å². The van der Waals surface area contributed by atoms with Crippen molar-refractivity contribution < 1.29 is 0 Å². The number of aryl methyl sites for hydroxylation is 1. The van der Waals surface area contributed by atoms with Crippen LogP contribution < -0.4 is 22.7 Å². The number of nitrogens with one attached hydrogen (secondary N) is 1. The van der Waals surface area contributed by atoms with Crippen LogP contribution in [0, 0.1) is 0 Å². The molecule has 0 aromatic carbocycles. The number of H-pyrrole nitrogens is 1. The Morgan fingerprint density at radius 3 is 2.52 bits per heavy atom. The number of rotatable bonds is 6. The molecule has 8 heteroatoms. The van der Waals surface area contributed by atoms with Crippen molar-refractivity contribution in [3.05, 3.63) is 20.8 Å². The van der Waals surface area contributed by atoms with Crippen LogP contribution in [0.2, 0.25) is 0 Å². The topological polar surface area (TPSA) is 133 Å². The van der Waals surface area contributed by atoms with Gasteiger partial charge in [0.15, 0.2) is 5.65 Å². The van der Waals surface area contributed by atoms with Gasteiger partial charge in [0.25, 0.3) is 5.56 Å². The molecule has 0 saturated heterocycles. The van der Waals surface area contributed by atoms with Gasteiger partial charge >= 0.3 is 5.69 Å². The maximum atomic E-state index is 12.0. The zero-order valence-electron chi connectivity index (χ0n) is 12.1. The molecule has 0 bridgehead atoms. The molecule has 0 unspecified atom stereocenters. The lowest BCUT2D eigenvalue weighted by atomic mass is 10.1. The van der Waals surface area contributed by atoms with Crippen LogP contribution in [0.3, 0.4) is 0 Å². The number of nitrogen functional groups attached to an aromatic ring is 2. The molecule has 0 aliphatic carbocycles. The highest BCUT2D eigenvalue weighted by Gasteiger charge is 2.13. The lowest BCUT2D eigenvalue weighted by molar-refractivity contribution is 0.559. The first-order valence-electron chi connectivity index (χ1n) is 7.10. The fraction of sp³-hybridized carbons (Fsp3) is 0.538. The van der Waals surface area contributed by atoms with E-state index in [4.69, 9.17) is 11.5 Å². The normalized spacial score (nSPS) is 11.1. The Hall–Kier alpha value is -2.38. The Bertz CT molecular complexity index is 749. The van der Waals surface area contributed by atoms with Gasteiger partial charge in [0, 0.05) is 6.54 Å². The minimum Gasteiger partial charge on any atom is -0.383 e. The van der Waals surface area contributed by atoms with Crippen molar-refractivity contribution in [2.24, 2.45) is 0 Å². The third-order valence-corrected chi connectivity index (χ3v) is 3.37. The fourth-order valence-corrected chi connectivity index (χ4v) is 2.30. The van der Waals surface area contributed by atoms with Crippen molar-refractivity contribution in [2.45, 2.75) is 45.6 Å². The summed E-state index contributed by atoms with van der Waals surface area (Å²) in [7, 11) is 0. The van der Waals surface area contributed by atoms with Crippen LogP contribution in [0.25, 0.3) is 11.0 Å². The Kier molecular flexibility index (Phi) is 4.56. The van der Waals surface area contributed by atoms with Crippen LogP contribution in [-0.4, -0.2) is 19.5 Å². The second-order valence-electron chi connectivity index (χ2n) is 4.99. The van der Waals surface area contributed by atoms with E-state index in [2.05, 4.69) is 21.9 Å². The number of unbranched alkanes of at least 4 members (excludes halogenated alkanes) is 4. The minimum atomic E-state index is -0.588. The Labute approximate surface area is 121 Å². The molecule has 0 atom stereocenters. The first-order valence-corrected chi connectivity index (χ1v) is 7.10. The van der Waals surface area contributed by atoms with Gasteiger partial charge in [-0.25, -0.2) is 4.79 Å². The molecule has 0 amide bonds. The summed E-state index contributed by atoms with van der Waals surface area (Å²) >= 11 is 0. The number of hydrogen-bond acceptors (Lipinski definition) is 6. The molecule has 8 nitrogen and oxygen atoms in total. The highest BCUT2D eigenvalue weighted by atomic mass is 16.2. The van der Waals surface area contributed by atoms with Crippen LogP contribution in [-0.2, 0) is 6.54 Å². The molecule has 0 radical (unpaired) electrons. The van der Waals surface area contributed by atoms with Gasteiger partial charge in [-0.2, -0.15) is 9.97 Å². The summed E-state index contributed by atoms with van der Waals surface area (Å²) in [5, 5.41) is 0.109. The number of aromatic nitrogens is 4. The van der Waals surface area contributed by atoms with Gasteiger partial charge in [0.05, 0.1) is 0 Å².